The summed E-state index contributed by atoms with van der Waals surface area (Å²) in [5, 5.41) is 7.31. The van der Waals surface area contributed by atoms with Crippen LogP contribution in [0.4, 0.5) is 0 Å². The fourth-order valence-corrected chi connectivity index (χ4v) is 1.37. The zero-order valence-corrected chi connectivity index (χ0v) is 8.71. The fourth-order valence-electron chi connectivity index (χ4n) is 1.12. The summed E-state index contributed by atoms with van der Waals surface area (Å²) in [5.74, 6) is 0.816. The van der Waals surface area contributed by atoms with Crippen molar-refractivity contribution in [3.8, 4) is 0 Å². The second-order valence-corrected chi connectivity index (χ2v) is 3.98. The molecule has 1 aliphatic carbocycles. The van der Waals surface area contributed by atoms with Gasteiger partial charge in [0.1, 0.15) is 0 Å². The molecule has 0 bridgehead atoms. The van der Waals surface area contributed by atoms with Crippen LogP contribution < -0.4 is 10.6 Å². The standard InChI is InChI=1S/C9H18N2S/c1-3-4-5-10-9(12)11-8-6-7(8)2/h7-8H,3-6H2,1-2H3,(H2,10,11,12). The van der Waals surface area contributed by atoms with Gasteiger partial charge in [0.15, 0.2) is 5.11 Å². The lowest BCUT2D eigenvalue weighted by atomic mass is 10.3. The largest absolute Gasteiger partial charge is 0.363 e. The minimum absolute atomic E-state index is 0.645. The molecule has 0 radical (unpaired) electrons. The van der Waals surface area contributed by atoms with E-state index in [1.165, 1.54) is 19.3 Å². The maximum absolute atomic E-state index is 5.11. The normalized spacial score (nSPS) is 26.5. The van der Waals surface area contributed by atoms with Crippen LogP contribution in [0.3, 0.4) is 0 Å². The molecule has 0 saturated heterocycles. The van der Waals surface area contributed by atoms with Crippen LogP contribution in [0.2, 0.25) is 0 Å². The predicted octanol–water partition coefficient (Wildman–Crippen LogP) is 1.66. The highest BCUT2D eigenvalue weighted by Crippen LogP contribution is 2.28. The van der Waals surface area contributed by atoms with E-state index in [0.717, 1.165) is 17.6 Å². The number of nitrogens with one attached hydrogen (secondary N) is 2. The Bertz CT molecular complexity index is 159. The van der Waals surface area contributed by atoms with Crippen LogP contribution in [0.1, 0.15) is 33.1 Å². The van der Waals surface area contributed by atoms with E-state index in [-0.39, 0.29) is 0 Å². The maximum atomic E-state index is 5.11. The molecule has 0 heterocycles. The molecule has 70 valence electrons. The third-order valence-corrected chi connectivity index (χ3v) is 2.50. The van der Waals surface area contributed by atoms with Crippen LogP contribution in [0.15, 0.2) is 0 Å². The summed E-state index contributed by atoms with van der Waals surface area (Å²) >= 11 is 5.11. The first kappa shape index (κ1) is 9.78. The third kappa shape index (κ3) is 3.39. The average molecular weight is 186 g/mol. The van der Waals surface area contributed by atoms with Crippen LogP contribution in [0.25, 0.3) is 0 Å². The van der Waals surface area contributed by atoms with Gasteiger partial charge in [-0.2, -0.15) is 0 Å². The summed E-state index contributed by atoms with van der Waals surface area (Å²) in [7, 11) is 0. The van der Waals surface area contributed by atoms with E-state index in [9.17, 15) is 0 Å². The quantitative estimate of drug-likeness (QED) is 0.516. The highest BCUT2D eigenvalue weighted by atomic mass is 32.1. The zero-order chi connectivity index (χ0) is 8.97. The Morgan fingerprint density at radius 1 is 1.58 bits per heavy atom. The SMILES string of the molecule is CCCCNC(=S)NC1CC1C. The number of unbranched alkanes of at least 4 members (excludes halogenated alkanes) is 1. The number of hydrogen-bond donors (Lipinski definition) is 2. The van der Waals surface area contributed by atoms with E-state index >= 15 is 0 Å². The van der Waals surface area contributed by atoms with Gasteiger partial charge in [-0.3, -0.25) is 0 Å². The molecule has 0 aromatic rings. The highest BCUT2D eigenvalue weighted by Gasteiger charge is 2.32. The molecule has 0 spiro atoms. The molecule has 0 aliphatic heterocycles. The van der Waals surface area contributed by atoms with Gasteiger partial charge in [0, 0.05) is 12.6 Å². The van der Waals surface area contributed by atoms with Crippen molar-refractivity contribution in [3.63, 3.8) is 0 Å². The van der Waals surface area contributed by atoms with E-state index in [2.05, 4.69) is 24.5 Å². The molecule has 1 fully saturated rings. The lowest BCUT2D eigenvalue weighted by molar-refractivity contribution is 0.728. The summed E-state index contributed by atoms with van der Waals surface area (Å²) < 4.78 is 0. The Balaban J connectivity index is 1.97. The van der Waals surface area contributed by atoms with Crippen molar-refractivity contribution in [2.24, 2.45) is 5.92 Å². The van der Waals surface area contributed by atoms with Crippen molar-refractivity contribution in [3.05, 3.63) is 0 Å². The van der Waals surface area contributed by atoms with Crippen molar-refractivity contribution in [2.45, 2.75) is 39.2 Å². The molecular formula is C9H18N2S. The molecule has 2 N–H and O–H groups in total. The molecule has 1 saturated carbocycles. The third-order valence-electron chi connectivity index (χ3n) is 2.24. The second-order valence-electron chi connectivity index (χ2n) is 3.57. The monoisotopic (exact) mass is 186 g/mol. The lowest BCUT2D eigenvalue weighted by Gasteiger charge is -2.08. The van der Waals surface area contributed by atoms with Gasteiger partial charge in [-0.1, -0.05) is 20.3 Å². The summed E-state index contributed by atoms with van der Waals surface area (Å²) in [6, 6.07) is 0.645. The molecule has 2 nitrogen and oxygen atoms in total. The Morgan fingerprint density at radius 3 is 2.75 bits per heavy atom. The summed E-state index contributed by atoms with van der Waals surface area (Å²) in [6.07, 6.45) is 3.69. The second kappa shape index (κ2) is 4.65. The van der Waals surface area contributed by atoms with E-state index in [4.69, 9.17) is 12.2 Å². The summed E-state index contributed by atoms with van der Waals surface area (Å²) in [6.45, 7) is 5.43. The molecule has 2 atom stereocenters. The van der Waals surface area contributed by atoms with E-state index < -0.39 is 0 Å². The van der Waals surface area contributed by atoms with Gasteiger partial charge < -0.3 is 10.6 Å². The molecule has 1 aliphatic rings. The first-order chi connectivity index (χ1) is 5.74. The Morgan fingerprint density at radius 2 is 2.25 bits per heavy atom. The minimum atomic E-state index is 0.645. The topological polar surface area (TPSA) is 24.1 Å². The van der Waals surface area contributed by atoms with Crippen LogP contribution in [0.5, 0.6) is 0 Å². The van der Waals surface area contributed by atoms with Crippen molar-refractivity contribution < 1.29 is 0 Å². The number of rotatable bonds is 4. The van der Waals surface area contributed by atoms with Gasteiger partial charge in [-0.25, -0.2) is 0 Å². The number of hydrogen-bond acceptors (Lipinski definition) is 1. The number of thiocarbonyl (C=S) groups is 1. The molecule has 0 aromatic carbocycles. The van der Waals surface area contributed by atoms with Gasteiger partial charge >= 0.3 is 0 Å². The first-order valence-electron chi connectivity index (χ1n) is 4.78. The Hall–Kier alpha value is -0.310. The highest BCUT2D eigenvalue weighted by molar-refractivity contribution is 7.80. The van der Waals surface area contributed by atoms with Gasteiger partial charge in [0.2, 0.25) is 0 Å². The minimum Gasteiger partial charge on any atom is -0.363 e. The van der Waals surface area contributed by atoms with Crippen molar-refractivity contribution in [1.82, 2.24) is 10.6 Å². The molecule has 2 unspecified atom stereocenters. The molecule has 0 amide bonds. The van der Waals surface area contributed by atoms with Crippen molar-refractivity contribution >= 4 is 17.3 Å². The predicted molar refractivity (Wildman–Crippen MR) is 56.2 cm³/mol. The van der Waals surface area contributed by atoms with Crippen LogP contribution in [0, 0.1) is 5.92 Å². The van der Waals surface area contributed by atoms with Gasteiger partial charge in [0.05, 0.1) is 0 Å². The smallest absolute Gasteiger partial charge is 0.166 e. The van der Waals surface area contributed by atoms with E-state index in [1.807, 2.05) is 0 Å². The van der Waals surface area contributed by atoms with Crippen molar-refractivity contribution in [1.29, 1.82) is 0 Å². The molecule has 0 aromatic heterocycles. The fraction of sp³-hybridized carbons (Fsp3) is 0.889. The molecule has 12 heavy (non-hydrogen) atoms. The van der Waals surface area contributed by atoms with Crippen LogP contribution in [-0.2, 0) is 0 Å². The average Bonchev–Trinajstić information content (AvgIpc) is 2.67. The Kier molecular flexibility index (Phi) is 3.79. The lowest BCUT2D eigenvalue weighted by Crippen LogP contribution is -2.37. The maximum Gasteiger partial charge on any atom is 0.166 e. The Labute approximate surface area is 80.1 Å². The molecule has 1 rings (SSSR count). The molecule has 3 heteroatoms. The molecular weight excluding hydrogens is 168 g/mol. The van der Waals surface area contributed by atoms with E-state index in [0.29, 0.717) is 6.04 Å². The van der Waals surface area contributed by atoms with Gasteiger partial charge in [0.25, 0.3) is 0 Å². The van der Waals surface area contributed by atoms with E-state index in [1.54, 1.807) is 0 Å². The van der Waals surface area contributed by atoms with Crippen molar-refractivity contribution in [2.75, 3.05) is 6.54 Å². The summed E-state index contributed by atoms with van der Waals surface area (Å²) in [5.41, 5.74) is 0. The van der Waals surface area contributed by atoms with Gasteiger partial charge in [-0.15, -0.1) is 0 Å². The zero-order valence-electron chi connectivity index (χ0n) is 7.89. The first-order valence-corrected chi connectivity index (χ1v) is 5.19. The van der Waals surface area contributed by atoms with Crippen LogP contribution in [-0.4, -0.2) is 17.7 Å². The summed E-state index contributed by atoms with van der Waals surface area (Å²) in [4.78, 5) is 0. The van der Waals surface area contributed by atoms with Gasteiger partial charge in [-0.05, 0) is 31.0 Å². The van der Waals surface area contributed by atoms with Crippen LogP contribution >= 0.6 is 12.2 Å².